The molecule has 0 amide bonds. The van der Waals surface area contributed by atoms with Gasteiger partial charge in [-0.25, -0.2) is 9.97 Å². The van der Waals surface area contributed by atoms with Gasteiger partial charge in [-0.15, -0.1) is 0 Å². The number of aliphatic hydroxyl groups excluding tert-OH is 1. The molecule has 2 rings (SSSR count). The molecule has 0 aliphatic carbocycles. The lowest BCUT2D eigenvalue weighted by Gasteiger charge is -2.01. The predicted molar refractivity (Wildman–Crippen MR) is 55.6 cm³/mol. The summed E-state index contributed by atoms with van der Waals surface area (Å²) in [4.78, 5) is 11.2. The van der Waals surface area contributed by atoms with Gasteiger partial charge in [0.1, 0.15) is 5.82 Å². The molecule has 0 saturated heterocycles. The van der Waals surface area contributed by atoms with E-state index in [2.05, 4.69) is 30.9 Å². The molecule has 2 aromatic rings. The van der Waals surface area contributed by atoms with E-state index in [9.17, 15) is 0 Å². The molecule has 74 valence electrons. The molecule has 0 fully saturated rings. The van der Waals surface area contributed by atoms with Crippen molar-refractivity contribution >= 4 is 27.1 Å². The Morgan fingerprint density at radius 2 is 2.43 bits per heavy atom. The molecule has 2 aromatic heterocycles. The zero-order chi connectivity index (χ0) is 10.1. The molecular formula is C8H9BrN4O. The Balaban J connectivity index is 2.51. The van der Waals surface area contributed by atoms with Crippen LogP contribution >= 0.6 is 15.9 Å². The highest BCUT2D eigenvalue weighted by Crippen LogP contribution is 2.16. The van der Waals surface area contributed by atoms with Crippen LogP contribution in [0.2, 0.25) is 0 Å². The fraction of sp³-hybridized carbons (Fsp3) is 0.250. The van der Waals surface area contributed by atoms with Crippen molar-refractivity contribution in [3.05, 3.63) is 22.6 Å². The maximum atomic E-state index is 8.85. The molecule has 4 N–H and O–H groups in total. The van der Waals surface area contributed by atoms with Gasteiger partial charge < -0.3 is 15.8 Å². The second-order valence-corrected chi connectivity index (χ2v) is 3.85. The third kappa shape index (κ3) is 1.63. The fourth-order valence-corrected chi connectivity index (χ4v) is 1.49. The average molecular weight is 257 g/mol. The van der Waals surface area contributed by atoms with Crippen molar-refractivity contribution < 1.29 is 5.11 Å². The summed E-state index contributed by atoms with van der Waals surface area (Å²) < 4.78 is 0.873. The zero-order valence-electron chi connectivity index (χ0n) is 7.24. The molecule has 0 aliphatic rings. The van der Waals surface area contributed by atoms with Crippen LogP contribution in [0.4, 0.5) is 0 Å². The molecule has 0 bridgehead atoms. The van der Waals surface area contributed by atoms with Gasteiger partial charge in [0.2, 0.25) is 0 Å². The number of nitrogens with two attached hydrogens (primary N) is 1. The van der Waals surface area contributed by atoms with Crippen LogP contribution in [0.15, 0.2) is 16.7 Å². The molecule has 0 saturated carbocycles. The SMILES string of the molecule is NC(CO)c1nc2ncc(Br)cc2[nH]1. The van der Waals surface area contributed by atoms with Crippen molar-refractivity contribution in [3.63, 3.8) is 0 Å². The van der Waals surface area contributed by atoms with Gasteiger partial charge in [-0.1, -0.05) is 0 Å². The van der Waals surface area contributed by atoms with Gasteiger partial charge in [-0.05, 0) is 22.0 Å². The maximum absolute atomic E-state index is 8.85. The van der Waals surface area contributed by atoms with Crippen molar-refractivity contribution in [2.75, 3.05) is 6.61 Å². The van der Waals surface area contributed by atoms with E-state index in [1.54, 1.807) is 6.20 Å². The molecule has 0 aromatic carbocycles. The summed E-state index contributed by atoms with van der Waals surface area (Å²) in [6.45, 7) is -0.138. The first kappa shape index (κ1) is 9.57. The Morgan fingerprint density at radius 3 is 3.14 bits per heavy atom. The Kier molecular flexibility index (Phi) is 2.49. The molecule has 0 radical (unpaired) electrons. The van der Waals surface area contributed by atoms with Gasteiger partial charge in [0.05, 0.1) is 18.2 Å². The number of nitrogens with zero attached hydrogens (tertiary/aromatic N) is 2. The number of H-pyrrole nitrogens is 1. The van der Waals surface area contributed by atoms with Gasteiger partial charge in [-0.2, -0.15) is 0 Å². The van der Waals surface area contributed by atoms with Gasteiger partial charge in [-0.3, -0.25) is 0 Å². The summed E-state index contributed by atoms with van der Waals surface area (Å²) in [6.07, 6.45) is 1.66. The molecule has 2 heterocycles. The molecule has 1 atom stereocenters. The number of imidazole rings is 1. The van der Waals surface area contributed by atoms with Crippen LogP contribution in [0.5, 0.6) is 0 Å². The monoisotopic (exact) mass is 256 g/mol. The van der Waals surface area contributed by atoms with Gasteiger partial charge in [0, 0.05) is 10.7 Å². The lowest BCUT2D eigenvalue weighted by molar-refractivity contribution is 0.264. The van der Waals surface area contributed by atoms with E-state index in [1.165, 1.54) is 0 Å². The molecule has 14 heavy (non-hydrogen) atoms. The van der Waals surface area contributed by atoms with Crippen LogP contribution in [-0.4, -0.2) is 26.7 Å². The summed E-state index contributed by atoms with van der Waals surface area (Å²) in [7, 11) is 0. The van der Waals surface area contributed by atoms with E-state index < -0.39 is 6.04 Å². The van der Waals surface area contributed by atoms with Crippen molar-refractivity contribution in [1.82, 2.24) is 15.0 Å². The van der Waals surface area contributed by atoms with Crippen molar-refractivity contribution in [1.29, 1.82) is 0 Å². The third-order valence-electron chi connectivity index (χ3n) is 1.87. The first-order valence-corrected chi connectivity index (χ1v) is 4.87. The largest absolute Gasteiger partial charge is 0.394 e. The number of aromatic amines is 1. The number of pyridine rings is 1. The first-order valence-electron chi connectivity index (χ1n) is 4.08. The lowest BCUT2D eigenvalue weighted by atomic mass is 10.3. The first-order chi connectivity index (χ1) is 6.70. The van der Waals surface area contributed by atoms with Crippen molar-refractivity contribution in [2.45, 2.75) is 6.04 Å². The van der Waals surface area contributed by atoms with Crippen molar-refractivity contribution in [2.24, 2.45) is 5.73 Å². The number of aromatic nitrogens is 3. The standard InChI is InChI=1S/C8H9BrN4O/c9-4-1-6-8(11-2-4)13-7(12-6)5(10)3-14/h1-2,5,14H,3,10H2,(H,11,12,13). The van der Waals surface area contributed by atoms with Crippen LogP contribution in [-0.2, 0) is 0 Å². The molecule has 0 spiro atoms. The minimum Gasteiger partial charge on any atom is -0.394 e. The third-order valence-corrected chi connectivity index (χ3v) is 2.30. The van der Waals surface area contributed by atoms with Gasteiger partial charge in [0.25, 0.3) is 0 Å². The summed E-state index contributed by atoms with van der Waals surface area (Å²) in [6, 6.07) is 1.38. The van der Waals surface area contributed by atoms with E-state index in [0.717, 1.165) is 9.99 Å². The summed E-state index contributed by atoms with van der Waals surface area (Å²) in [5.41, 5.74) is 7.02. The van der Waals surface area contributed by atoms with E-state index in [0.29, 0.717) is 11.5 Å². The van der Waals surface area contributed by atoms with Crippen LogP contribution in [0.25, 0.3) is 11.2 Å². The second-order valence-electron chi connectivity index (χ2n) is 2.94. The van der Waals surface area contributed by atoms with E-state index in [-0.39, 0.29) is 6.61 Å². The zero-order valence-corrected chi connectivity index (χ0v) is 8.82. The Hall–Kier alpha value is -0.980. The highest BCUT2D eigenvalue weighted by Gasteiger charge is 2.10. The Bertz CT molecular complexity index is 456. The summed E-state index contributed by atoms with van der Waals surface area (Å²) in [5.74, 6) is 0.549. The Morgan fingerprint density at radius 1 is 1.64 bits per heavy atom. The number of fused-ring (bicyclic) bond motifs is 1. The fourth-order valence-electron chi connectivity index (χ4n) is 1.16. The number of hydrogen-bond acceptors (Lipinski definition) is 4. The number of halogens is 1. The van der Waals surface area contributed by atoms with Crippen LogP contribution in [0, 0.1) is 0 Å². The minimum absolute atomic E-state index is 0.138. The van der Waals surface area contributed by atoms with Crippen LogP contribution in [0.3, 0.4) is 0 Å². The van der Waals surface area contributed by atoms with E-state index in [1.807, 2.05) is 6.07 Å². The quantitative estimate of drug-likeness (QED) is 0.739. The molecule has 0 aliphatic heterocycles. The number of rotatable bonds is 2. The predicted octanol–water partition coefficient (Wildman–Crippen LogP) is 0.712. The second kappa shape index (κ2) is 3.64. The van der Waals surface area contributed by atoms with Crippen LogP contribution in [0.1, 0.15) is 11.9 Å². The highest BCUT2D eigenvalue weighted by molar-refractivity contribution is 9.10. The van der Waals surface area contributed by atoms with Gasteiger partial charge in [0.15, 0.2) is 5.65 Å². The summed E-state index contributed by atoms with van der Waals surface area (Å²) >= 11 is 3.30. The lowest BCUT2D eigenvalue weighted by Crippen LogP contribution is -2.15. The maximum Gasteiger partial charge on any atom is 0.177 e. The average Bonchev–Trinajstić information content (AvgIpc) is 2.59. The molecule has 6 heteroatoms. The summed E-state index contributed by atoms with van der Waals surface area (Å²) in [5, 5.41) is 8.85. The van der Waals surface area contributed by atoms with E-state index in [4.69, 9.17) is 10.8 Å². The normalized spacial score (nSPS) is 13.4. The van der Waals surface area contributed by atoms with Crippen LogP contribution < -0.4 is 5.73 Å². The molecule has 1 unspecified atom stereocenters. The minimum atomic E-state index is -0.483. The van der Waals surface area contributed by atoms with E-state index >= 15 is 0 Å². The Labute approximate surface area is 88.5 Å². The number of aliphatic hydroxyl groups is 1. The topological polar surface area (TPSA) is 87.8 Å². The van der Waals surface area contributed by atoms with Crippen molar-refractivity contribution in [3.8, 4) is 0 Å². The smallest absolute Gasteiger partial charge is 0.177 e. The molecular weight excluding hydrogens is 248 g/mol. The van der Waals surface area contributed by atoms with Gasteiger partial charge >= 0.3 is 0 Å². The highest BCUT2D eigenvalue weighted by atomic mass is 79.9. The number of nitrogens with one attached hydrogen (secondary N) is 1. The number of hydrogen-bond donors (Lipinski definition) is 3. The molecule has 5 nitrogen and oxygen atoms in total.